The minimum atomic E-state index is -3.47. The predicted octanol–water partition coefficient (Wildman–Crippen LogP) is 2.71. The van der Waals surface area contributed by atoms with Crippen LogP contribution in [-0.2, 0) is 10.0 Å². The van der Waals surface area contributed by atoms with Crippen molar-refractivity contribution in [3.63, 3.8) is 0 Å². The van der Waals surface area contributed by atoms with E-state index in [0.29, 0.717) is 29.7 Å². The summed E-state index contributed by atoms with van der Waals surface area (Å²) >= 11 is 0. The number of nitrogens with zero attached hydrogens (tertiary/aromatic N) is 2. The SMILES string of the molecule is CCCNc1ncccc1S(=O)(=O)N(CCC)CC1CC1. The summed E-state index contributed by atoms with van der Waals surface area (Å²) in [7, 11) is -3.47. The van der Waals surface area contributed by atoms with Crippen LogP contribution >= 0.6 is 0 Å². The molecular formula is C15H25N3O2S. The van der Waals surface area contributed by atoms with Crippen LogP contribution in [-0.4, -0.2) is 37.3 Å². The second kappa shape index (κ2) is 7.22. The summed E-state index contributed by atoms with van der Waals surface area (Å²) in [6.45, 7) is 5.98. The summed E-state index contributed by atoms with van der Waals surface area (Å²) in [5, 5.41) is 3.12. The number of rotatable bonds is 9. The lowest BCUT2D eigenvalue weighted by atomic mass is 10.4. The molecule has 118 valence electrons. The van der Waals surface area contributed by atoms with E-state index in [1.807, 2.05) is 13.8 Å². The largest absolute Gasteiger partial charge is 0.369 e. The van der Waals surface area contributed by atoms with Crippen LogP contribution in [0.3, 0.4) is 0 Å². The summed E-state index contributed by atoms with van der Waals surface area (Å²) in [6, 6.07) is 3.33. The molecule has 0 radical (unpaired) electrons. The van der Waals surface area contributed by atoms with Gasteiger partial charge in [-0.15, -0.1) is 0 Å². The van der Waals surface area contributed by atoms with E-state index in [9.17, 15) is 8.42 Å². The van der Waals surface area contributed by atoms with Gasteiger partial charge in [0.1, 0.15) is 10.7 Å². The number of sulfonamides is 1. The maximum atomic E-state index is 12.9. The standard InChI is InChI=1S/C15H25N3O2S/c1-3-9-16-15-14(6-5-10-17-15)21(19,20)18(11-4-2)12-13-7-8-13/h5-6,10,13H,3-4,7-9,11-12H2,1-2H3,(H,16,17). The lowest BCUT2D eigenvalue weighted by molar-refractivity contribution is 0.395. The van der Waals surface area contributed by atoms with Crippen LogP contribution in [0.2, 0.25) is 0 Å². The molecule has 0 aromatic carbocycles. The van der Waals surface area contributed by atoms with Gasteiger partial charge in [0.2, 0.25) is 10.0 Å². The van der Waals surface area contributed by atoms with Crippen molar-refractivity contribution in [2.75, 3.05) is 25.0 Å². The molecule has 0 aliphatic heterocycles. The smallest absolute Gasteiger partial charge is 0.246 e. The van der Waals surface area contributed by atoms with Crippen LogP contribution in [0, 0.1) is 5.92 Å². The van der Waals surface area contributed by atoms with E-state index < -0.39 is 10.0 Å². The fourth-order valence-corrected chi connectivity index (χ4v) is 3.99. The Morgan fingerprint density at radius 3 is 2.71 bits per heavy atom. The van der Waals surface area contributed by atoms with E-state index in [1.165, 1.54) is 0 Å². The zero-order valence-electron chi connectivity index (χ0n) is 12.9. The zero-order chi connectivity index (χ0) is 15.3. The highest BCUT2D eigenvalue weighted by Gasteiger charge is 2.32. The molecule has 0 bridgehead atoms. The molecular weight excluding hydrogens is 286 g/mol. The number of pyridine rings is 1. The van der Waals surface area contributed by atoms with Crippen molar-refractivity contribution in [3.8, 4) is 0 Å². The van der Waals surface area contributed by atoms with Gasteiger partial charge >= 0.3 is 0 Å². The molecule has 1 aliphatic rings. The van der Waals surface area contributed by atoms with E-state index >= 15 is 0 Å². The molecule has 1 aromatic heterocycles. The minimum absolute atomic E-state index is 0.299. The number of aromatic nitrogens is 1. The highest BCUT2D eigenvalue weighted by atomic mass is 32.2. The third kappa shape index (κ3) is 4.17. The van der Waals surface area contributed by atoms with Gasteiger partial charge in [0.25, 0.3) is 0 Å². The van der Waals surface area contributed by atoms with Crippen molar-refractivity contribution in [3.05, 3.63) is 18.3 Å². The van der Waals surface area contributed by atoms with Gasteiger partial charge in [-0.3, -0.25) is 0 Å². The molecule has 1 saturated carbocycles. The maximum absolute atomic E-state index is 12.9. The quantitative estimate of drug-likeness (QED) is 0.761. The van der Waals surface area contributed by atoms with Gasteiger partial charge in [-0.25, -0.2) is 13.4 Å². The molecule has 1 heterocycles. The van der Waals surface area contributed by atoms with Gasteiger partial charge in [-0.1, -0.05) is 13.8 Å². The van der Waals surface area contributed by atoms with Gasteiger partial charge in [-0.05, 0) is 43.7 Å². The highest BCUT2D eigenvalue weighted by molar-refractivity contribution is 7.89. The fourth-order valence-electron chi connectivity index (χ4n) is 2.26. The Kier molecular flexibility index (Phi) is 5.58. The third-order valence-electron chi connectivity index (χ3n) is 3.56. The molecule has 1 N–H and O–H groups in total. The Labute approximate surface area is 127 Å². The van der Waals surface area contributed by atoms with Crippen molar-refractivity contribution in [2.24, 2.45) is 5.92 Å². The molecule has 0 unspecified atom stereocenters. The number of hydrogen-bond donors (Lipinski definition) is 1. The number of hydrogen-bond acceptors (Lipinski definition) is 4. The molecule has 0 amide bonds. The van der Waals surface area contributed by atoms with Crippen LogP contribution in [0.5, 0.6) is 0 Å². The summed E-state index contributed by atoms with van der Waals surface area (Å²) in [5.41, 5.74) is 0. The van der Waals surface area contributed by atoms with Gasteiger partial charge in [-0.2, -0.15) is 4.31 Å². The van der Waals surface area contributed by atoms with Gasteiger partial charge < -0.3 is 5.32 Å². The van der Waals surface area contributed by atoms with E-state index in [1.54, 1.807) is 22.6 Å². The molecule has 0 spiro atoms. The second-order valence-corrected chi connectivity index (χ2v) is 7.49. The van der Waals surface area contributed by atoms with Crippen LogP contribution in [0.1, 0.15) is 39.5 Å². The minimum Gasteiger partial charge on any atom is -0.369 e. The first kappa shape index (κ1) is 16.2. The van der Waals surface area contributed by atoms with E-state index in [2.05, 4.69) is 10.3 Å². The van der Waals surface area contributed by atoms with Crippen molar-refractivity contribution >= 4 is 15.8 Å². The first-order chi connectivity index (χ1) is 10.1. The molecule has 1 aromatic rings. The Morgan fingerprint density at radius 2 is 2.10 bits per heavy atom. The number of nitrogens with one attached hydrogen (secondary N) is 1. The van der Waals surface area contributed by atoms with Crippen molar-refractivity contribution in [2.45, 2.75) is 44.4 Å². The third-order valence-corrected chi connectivity index (χ3v) is 5.46. The van der Waals surface area contributed by atoms with Gasteiger partial charge in [0.15, 0.2) is 0 Å². The van der Waals surface area contributed by atoms with E-state index in [-0.39, 0.29) is 0 Å². The predicted molar refractivity (Wildman–Crippen MR) is 84.8 cm³/mol. The molecule has 21 heavy (non-hydrogen) atoms. The summed E-state index contributed by atoms with van der Waals surface area (Å²) in [5.74, 6) is 1.01. The summed E-state index contributed by atoms with van der Waals surface area (Å²) < 4.78 is 27.5. The molecule has 1 aliphatic carbocycles. The Balaban J connectivity index is 2.27. The average molecular weight is 311 g/mol. The molecule has 6 heteroatoms. The lowest BCUT2D eigenvalue weighted by Crippen LogP contribution is -2.34. The highest BCUT2D eigenvalue weighted by Crippen LogP contribution is 2.32. The average Bonchev–Trinajstić information content (AvgIpc) is 3.29. The number of anilines is 1. The maximum Gasteiger partial charge on any atom is 0.246 e. The molecule has 0 atom stereocenters. The first-order valence-electron chi connectivity index (χ1n) is 7.78. The first-order valence-corrected chi connectivity index (χ1v) is 9.22. The van der Waals surface area contributed by atoms with Crippen molar-refractivity contribution in [1.82, 2.24) is 9.29 Å². The summed E-state index contributed by atoms with van der Waals surface area (Å²) in [6.07, 6.45) is 5.66. The molecule has 2 rings (SSSR count). The van der Waals surface area contributed by atoms with Gasteiger partial charge in [0.05, 0.1) is 0 Å². The van der Waals surface area contributed by atoms with Crippen LogP contribution in [0.15, 0.2) is 23.2 Å². The zero-order valence-corrected chi connectivity index (χ0v) is 13.7. The normalized spacial score (nSPS) is 15.4. The molecule has 5 nitrogen and oxygen atoms in total. The Hall–Kier alpha value is -1.14. The summed E-state index contributed by atoms with van der Waals surface area (Å²) in [4.78, 5) is 4.50. The van der Waals surface area contributed by atoms with Crippen LogP contribution in [0.4, 0.5) is 5.82 Å². The monoisotopic (exact) mass is 311 g/mol. The second-order valence-electron chi connectivity index (χ2n) is 5.58. The van der Waals surface area contributed by atoms with Crippen LogP contribution < -0.4 is 5.32 Å². The van der Waals surface area contributed by atoms with E-state index in [0.717, 1.165) is 32.2 Å². The Morgan fingerprint density at radius 1 is 1.33 bits per heavy atom. The van der Waals surface area contributed by atoms with Crippen molar-refractivity contribution < 1.29 is 8.42 Å². The Bertz CT molecular complexity index is 556. The van der Waals surface area contributed by atoms with Gasteiger partial charge in [0, 0.05) is 25.8 Å². The molecule has 1 fully saturated rings. The lowest BCUT2D eigenvalue weighted by Gasteiger charge is -2.22. The van der Waals surface area contributed by atoms with Crippen LogP contribution in [0.25, 0.3) is 0 Å². The fraction of sp³-hybridized carbons (Fsp3) is 0.667. The topological polar surface area (TPSA) is 62.3 Å². The molecule has 0 saturated heterocycles. The van der Waals surface area contributed by atoms with Crippen molar-refractivity contribution in [1.29, 1.82) is 0 Å². The van der Waals surface area contributed by atoms with E-state index in [4.69, 9.17) is 0 Å².